The highest BCUT2D eigenvalue weighted by molar-refractivity contribution is 6.35. The molecule has 32 heavy (non-hydrogen) atoms. The maximum Gasteiger partial charge on any atom is 0.409 e. The maximum atomic E-state index is 13.1. The van der Waals surface area contributed by atoms with Crippen LogP contribution in [-0.4, -0.2) is 69.4 Å². The summed E-state index contributed by atoms with van der Waals surface area (Å²) >= 11 is 6.48. The van der Waals surface area contributed by atoms with E-state index in [0.717, 1.165) is 11.8 Å². The Balaban J connectivity index is 1.52. The largest absolute Gasteiger partial charge is 0.449 e. The zero-order valence-electron chi connectivity index (χ0n) is 17.8. The second kappa shape index (κ2) is 9.40. The third-order valence-electron chi connectivity index (χ3n) is 5.32. The van der Waals surface area contributed by atoms with Crippen molar-refractivity contribution in [2.45, 2.75) is 13.3 Å². The number of carbonyl (C=O) groups excluding carboxylic acids is 2. The molecule has 0 radical (unpaired) electrons. The molecule has 4 rings (SSSR count). The second-order valence-electron chi connectivity index (χ2n) is 7.48. The van der Waals surface area contributed by atoms with Gasteiger partial charge in [0, 0.05) is 49.5 Å². The van der Waals surface area contributed by atoms with Crippen molar-refractivity contribution < 1.29 is 14.3 Å². The molecule has 0 atom stereocenters. The Kier molecular flexibility index (Phi) is 6.41. The van der Waals surface area contributed by atoms with Crippen molar-refractivity contribution >= 4 is 40.7 Å². The number of ether oxygens (including phenoxy) is 1. The number of aromatic nitrogens is 3. The zero-order chi connectivity index (χ0) is 22.7. The Morgan fingerprint density at radius 2 is 1.88 bits per heavy atom. The fourth-order valence-corrected chi connectivity index (χ4v) is 3.85. The van der Waals surface area contributed by atoms with Crippen LogP contribution < -0.4 is 0 Å². The molecule has 1 aliphatic rings. The lowest BCUT2D eigenvalue weighted by atomic mass is 10.1. The van der Waals surface area contributed by atoms with E-state index in [1.165, 1.54) is 0 Å². The van der Waals surface area contributed by atoms with E-state index in [1.54, 1.807) is 45.1 Å². The summed E-state index contributed by atoms with van der Waals surface area (Å²) in [6.07, 6.45) is 3.82. The monoisotopic (exact) mass is 453 g/mol. The summed E-state index contributed by atoms with van der Waals surface area (Å²) in [7, 11) is 0. The van der Waals surface area contributed by atoms with Crippen LogP contribution in [0.5, 0.6) is 0 Å². The van der Waals surface area contributed by atoms with E-state index in [4.69, 9.17) is 16.3 Å². The summed E-state index contributed by atoms with van der Waals surface area (Å²) in [6.45, 7) is 7.84. The van der Waals surface area contributed by atoms with Crippen molar-refractivity contribution in [2.24, 2.45) is 0 Å². The minimum Gasteiger partial charge on any atom is -0.449 e. The van der Waals surface area contributed by atoms with E-state index in [2.05, 4.69) is 16.7 Å². The first-order valence-corrected chi connectivity index (χ1v) is 10.9. The van der Waals surface area contributed by atoms with Gasteiger partial charge in [-0.15, -0.1) is 0 Å². The Labute approximate surface area is 191 Å². The van der Waals surface area contributed by atoms with Gasteiger partial charge < -0.3 is 14.5 Å². The smallest absolute Gasteiger partial charge is 0.409 e. The van der Waals surface area contributed by atoms with Gasteiger partial charge >= 0.3 is 6.09 Å². The second-order valence-corrected chi connectivity index (χ2v) is 7.89. The van der Waals surface area contributed by atoms with Crippen LogP contribution in [0.4, 0.5) is 4.79 Å². The molecule has 3 heterocycles. The highest BCUT2D eigenvalue weighted by atomic mass is 35.5. The fraction of sp³-hybridized carbons (Fsp3) is 0.304. The summed E-state index contributed by atoms with van der Waals surface area (Å²) in [5.74, 6) is -0.104. The predicted octanol–water partition coefficient (Wildman–Crippen LogP) is 4.16. The summed E-state index contributed by atoms with van der Waals surface area (Å²) in [5, 5.41) is 5.68. The molecule has 1 fully saturated rings. The molecule has 1 aliphatic heterocycles. The minimum absolute atomic E-state index is 0.104. The Bertz CT molecular complexity index is 1170. The normalized spacial score (nSPS) is 13.9. The van der Waals surface area contributed by atoms with Crippen LogP contribution in [0.1, 0.15) is 23.7 Å². The molecule has 9 heteroatoms. The zero-order valence-corrected chi connectivity index (χ0v) is 18.6. The molecule has 0 unspecified atom stereocenters. The highest BCUT2D eigenvalue weighted by Crippen LogP contribution is 2.28. The quantitative estimate of drug-likeness (QED) is 0.579. The van der Waals surface area contributed by atoms with Gasteiger partial charge in [-0.05, 0) is 30.7 Å². The summed E-state index contributed by atoms with van der Waals surface area (Å²) in [6, 6.07) is 8.90. The summed E-state index contributed by atoms with van der Waals surface area (Å²) < 4.78 is 6.77. The number of pyridine rings is 1. The third-order valence-corrected chi connectivity index (χ3v) is 5.63. The van der Waals surface area contributed by atoms with Gasteiger partial charge in [0.25, 0.3) is 5.91 Å². The number of hydrogen-bond donors (Lipinski definition) is 0. The van der Waals surface area contributed by atoms with E-state index in [-0.39, 0.29) is 12.0 Å². The van der Waals surface area contributed by atoms with Crippen LogP contribution in [0.2, 0.25) is 5.02 Å². The maximum absolute atomic E-state index is 13.1. The lowest BCUT2D eigenvalue weighted by molar-refractivity contribution is 0.0560. The molecule has 2 aromatic heterocycles. The minimum atomic E-state index is -0.324. The van der Waals surface area contributed by atoms with Crippen LogP contribution in [0.3, 0.4) is 0 Å². The van der Waals surface area contributed by atoms with Crippen LogP contribution >= 0.6 is 11.6 Å². The Morgan fingerprint density at radius 1 is 1.12 bits per heavy atom. The molecule has 3 aromatic rings. The molecule has 8 nitrogen and oxygen atoms in total. The van der Waals surface area contributed by atoms with Crippen LogP contribution in [-0.2, 0) is 4.74 Å². The number of benzene rings is 1. The van der Waals surface area contributed by atoms with E-state index >= 15 is 0 Å². The number of amides is 2. The molecular formula is C23H24ClN5O3. The summed E-state index contributed by atoms with van der Waals surface area (Å²) in [5.41, 5.74) is 2.42. The van der Waals surface area contributed by atoms with Gasteiger partial charge in [-0.3, -0.25) is 4.79 Å². The molecule has 0 aliphatic carbocycles. The van der Waals surface area contributed by atoms with Crippen molar-refractivity contribution in [3.05, 3.63) is 53.7 Å². The van der Waals surface area contributed by atoms with Crippen molar-refractivity contribution in [3.8, 4) is 11.4 Å². The fourth-order valence-electron chi connectivity index (χ4n) is 3.58. The van der Waals surface area contributed by atoms with Gasteiger partial charge in [0.2, 0.25) is 0 Å². The van der Waals surface area contributed by atoms with Crippen LogP contribution in [0.15, 0.2) is 43.1 Å². The molecule has 1 saturated heterocycles. The number of piperazine rings is 1. The number of halogens is 1. The van der Waals surface area contributed by atoms with Gasteiger partial charge in [-0.1, -0.05) is 31.2 Å². The Morgan fingerprint density at radius 3 is 2.56 bits per heavy atom. The molecule has 2 amide bonds. The van der Waals surface area contributed by atoms with Gasteiger partial charge in [-0.2, -0.15) is 5.10 Å². The molecule has 0 N–H and O–H groups in total. The predicted molar refractivity (Wildman–Crippen MR) is 123 cm³/mol. The van der Waals surface area contributed by atoms with Crippen LogP contribution in [0.25, 0.3) is 28.5 Å². The number of rotatable bonds is 5. The molecule has 0 bridgehead atoms. The molecule has 0 saturated carbocycles. The van der Waals surface area contributed by atoms with Gasteiger partial charge in [0.05, 0.1) is 22.8 Å². The summed E-state index contributed by atoms with van der Waals surface area (Å²) in [4.78, 5) is 33.1. The molecule has 166 valence electrons. The van der Waals surface area contributed by atoms with Crippen molar-refractivity contribution in [1.82, 2.24) is 24.6 Å². The SMILES string of the molecule is C=Cn1ccc(-c2cc(Cl)c3ccc(C(=O)N4CCN(C(=O)OCCC)CC4)cc3n2)n1. The van der Waals surface area contributed by atoms with Gasteiger partial charge in [-0.25, -0.2) is 14.5 Å². The molecular weight excluding hydrogens is 430 g/mol. The van der Waals surface area contributed by atoms with E-state index in [1.807, 2.05) is 19.1 Å². The number of fused-ring (bicyclic) bond motifs is 1. The first-order valence-electron chi connectivity index (χ1n) is 10.5. The van der Waals surface area contributed by atoms with Crippen molar-refractivity contribution in [3.63, 3.8) is 0 Å². The topological polar surface area (TPSA) is 80.6 Å². The lowest BCUT2D eigenvalue weighted by Gasteiger charge is -2.34. The standard InChI is InChI=1S/C23H24ClN5O3/c1-3-13-32-23(31)28-11-9-27(10-12-28)22(30)16-5-6-17-18(24)15-21(25-20(17)14-16)19-7-8-29(4-2)26-19/h4-8,14-15H,2-3,9-13H2,1H3. The Hall–Kier alpha value is -3.39. The van der Waals surface area contributed by atoms with Crippen molar-refractivity contribution in [2.75, 3.05) is 32.8 Å². The van der Waals surface area contributed by atoms with Gasteiger partial charge in [0.15, 0.2) is 0 Å². The molecule has 1 aromatic carbocycles. The number of hydrogen-bond acceptors (Lipinski definition) is 5. The average Bonchev–Trinajstić information content (AvgIpc) is 3.31. The lowest BCUT2D eigenvalue weighted by Crippen LogP contribution is -2.50. The van der Waals surface area contributed by atoms with E-state index in [0.29, 0.717) is 60.3 Å². The van der Waals surface area contributed by atoms with Crippen molar-refractivity contribution in [1.29, 1.82) is 0 Å². The highest BCUT2D eigenvalue weighted by Gasteiger charge is 2.26. The van der Waals surface area contributed by atoms with E-state index in [9.17, 15) is 9.59 Å². The number of nitrogens with zero attached hydrogens (tertiary/aromatic N) is 5. The first-order chi connectivity index (χ1) is 15.5. The third kappa shape index (κ3) is 4.45. The average molecular weight is 454 g/mol. The first kappa shape index (κ1) is 21.8. The molecule has 0 spiro atoms. The number of carbonyl (C=O) groups is 2. The van der Waals surface area contributed by atoms with Gasteiger partial charge in [0.1, 0.15) is 5.69 Å². The van der Waals surface area contributed by atoms with E-state index < -0.39 is 0 Å². The van der Waals surface area contributed by atoms with Crippen LogP contribution in [0, 0.1) is 0 Å².